The van der Waals surface area contributed by atoms with Crippen molar-refractivity contribution < 1.29 is 20.4 Å². The number of aliphatic hydroxyl groups is 4. The second-order valence-electron chi connectivity index (χ2n) is 2.87. The monoisotopic (exact) mass is 164 g/mol. The molecule has 1 atom stereocenters. The maximum atomic E-state index is 8.79. The van der Waals surface area contributed by atoms with Crippen LogP contribution in [-0.4, -0.2) is 32.5 Å². The summed E-state index contributed by atoms with van der Waals surface area (Å²) in [7, 11) is 0. The first-order chi connectivity index (χ1) is 4.92. The zero-order valence-corrected chi connectivity index (χ0v) is 6.69. The number of rotatable bonds is 5. The summed E-state index contributed by atoms with van der Waals surface area (Å²) in [4.78, 5) is 0. The Hall–Kier alpha value is -0.160. The first-order valence-corrected chi connectivity index (χ1v) is 3.77. The molecule has 0 spiro atoms. The van der Waals surface area contributed by atoms with Crippen LogP contribution in [-0.2, 0) is 0 Å². The van der Waals surface area contributed by atoms with E-state index in [0.29, 0.717) is 19.3 Å². The highest BCUT2D eigenvalue weighted by atomic mass is 16.7. The van der Waals surface area contributed by atoms with Gasteiger partial charge in [0.1, 0.15) is 0 Å². The Kier molecular flexibility index (Phi) is 4.60. The first kappa shape index (κ1) is 10.8. The van der Waals surface area contributed by atoms with Gasteiger partial charge in [0, 0.05) is 6.42 Å². The van der Waals surface area contributed by atoms with Crippen molar-refractivity contribution in [3.8, 4) is 0 Å². The molecule has 4 heteroatoms. The van der Waals surface area contributed by atoms with Crippen LogP contribution in [0, 0.1) is 0 Å². The maximum Gasteiger partial charge on any atom is 0.275 e. The molecule has 0 aromatic carbocycles. The van der Waals surface area contributed by atoms with E-state index in [1.165, 1.54) is 0 Å². The minimum atomic E-state index is -2.54. The first-order valence-electron chi connectivity index (χ1n) is 3.77. The average Bonchev–Trinajstić information content (AvgIpc) is 1.78. The van der Waals surface area contributed by atoms with Crippen LogP contribution in [0.2, 0.25) is 0 Å². The second-order valence-corrected chi connectivity index (χ2v) is 2.87. The Morgan fingerprint density at radius 2 is 1.73 bits per heavy atom. The van der Waals surface area contributed by atoms with Crippen molar-refractivity contribution in [1.82, 2.24) is 0 Å². The van der Waals surface area contributed by atoms with Gasteiger partial charge in [-0.1, -0.05) is 6.42 Å². The van der Waals surface area contributed by atoms with Gasteiger partial charge in [-0.2, -0.15) is 0 Å². The number of unbranched alkanes of at least 4 members (excludes halogenated alkanes) is 1. The van der Waals surface area contributed by atoms with Crippen molar-refractivity contribution in [2.75, 3.05) is 0 Å². The minimum absolute atomic E-state index is 0.0697. The van der Waals surface area contributed by atoms with Gasteiger partial charge in [0.25, 0.3) is 5.97 Å². The van der Waals surface area contributed by atoms with Crippen LogP contribution in [0.25, 0.3) is 0 Å². The minimum Gasteiger partial charge on any atom is -0.393 e. The molecule has 0 saturated carbocycles. The van der Waals surface area contributed by atoms with Crippen LogP contribution in [0.3, 0.4) is 0 Å². The number of hydrogen-bond acceptors (Lipinski definition) is 4. The fourth-order valence-electron chi connectivity index (χ4n) is 0.802. The normalized spacial score (nSPS) is 15.0. The van der Waals surface area contributed by atoms with Crippen LogP contribution in [0.4, 0.5) is 0 Å². The lowest BCUT2D eigenvalue weighted by Gasteiger charge is -2.13. The molecule has 1 unspecified atom stereocenters. The Morgan fingerprint density at radius 3 is 2.09 bits per heavy atom. The van der Waals surface area contributed by atoms with Gasteiger partial charge in [0.2, 0.25) is 0 Å². The summed E-state index contributed by atoms with van der Waals surface area (Å²) in [5.74, 6) is -2.54. The number of aliphatic hydroxyl groups excluding tert-OH is 1. The van der Waals surface area contributed by atoms with Gasteiger partial charge in [0.05, 0.1) is 6.10 Å². The van der Waals surface area contributed by atoms with Gasteiger partial charge in [0.15, 0.2) is 0 Å². The summed E-state index contributed by atoms with van der Waals surface area (Å²) in [5.41, 5.74) is 0. The highest BCUT2D eigenvalue weighted by molar-refractivity contribution is 4.52. The fourth-order valence-corrected chi connectivity index (χ4v) is 0.802. The van der Waals surface area contributed by atoms with Crippen molar-refractivity contribution in [3.05, 3.63) is 0 Å². The largest absolute Gasteiger partial charge is 0.393 e. The second kappa shape index (κ2) is 4.66. The van der Waals surface area contributed by atoms with Crippen LogP contribution in [0.15, 0.2) is 0 Å². The fraction of sp³-hybridized carbons (Fsp3) is 1.00. The van der Waals surface area contributed by atoms with E-state index < -0.39 is 5.97 Å². The summed E-state index contributed by atoms with van der Waals surface area (Å²) in [6.07, 6.45) is 1.37. The third kappa shape index (κ3) is 9.84. The molecule has 0 aliphatic carbocycles. The van der Waals surface area contributed by atoms with Crippen molar-refractivity contribution in [3.63, 3.8) is 0 Å². The highest BCUT2D eigenvalue weighted by Gasteiger charge is 2.16. The van der Waals surface area contributed by atoms with Gasteiger partial charge in [-0.05, 0) is 19.8 Å². The topological polar surface area (TPSA) is 80.9 Å². The Balaban J connectivity index is 3.15. The zero-order chi connectivity index (χ0) is 8.91. The predicted molar refractivity (Wildman–Crippen MR) is 39.5 cm³/mol. The van der Waals surface area contributed by atoms with Crippen LogP contribution in [0.5, 0.6) is 0 Å². The molecule has 0 fully saturated rings. The highest BCUT2D eigenvalue weighted by Crippen LogP contribution is 2.09. The lowest BCUT2D eigenvalue weighted by molar-refractivity contribution is -0.315. The van der Waals surface area contributed by atoms with E-state index in [-0.39, 0.29) is 12.5 Å². The van der Waals surface area contributed by atoms with Crippen LogP contribution < -0.4 is 0 Å². The molecule has 4 N–H and O–H groups in total. The standard InChI is InChI=1S/C7H16O4/c1-6(8)4-2-3-5-7(9,10)11/h6,8-11H,2-5H2,1H3. The lowest BCUT2D eigenvalue weighted by atomic mass is 10.1. The zero-order valence-electron chi connectivity index (χ0n) is 6.69. The van der Waals surface area contributed by atoms with E-state index in [2.05, 4.69) is 0 Å². The quantitative estimate of drug-likeness (QED) is 0.328. The van der Waals surface area contributed by atoms with Crippen molar-refractivity contribution in [2.24, 2.45) is 0 Å². The lowest BCUT2D eigenvalue weighted by Crippen LogP contribution is -2.26. The van der Waals surface area contributed by atoms with Gasteiger partial charge in [-0.25, -0.2) is 0 Å². The van der Waals surface area contributed by atoms with Crippen LogP contribution in [0.1, 0.15) is 32.6 Å². The summed E-state index contributed by atoms with van der Waals surface area (Å²) in [5, 5.41) is 34.1. The molecule has 0 aliphatic heterocycles. The van der Waals surface area contributed by atoms with Gasteiger partial charge in [-0.3, -0.25) is 0 Å². The smallest absolute Gasteiger partial charge is 0.275 e. The molecular formula is C7H16O4. The molecule has 0 aliphatic rings. The van der Waals surface area contributed by atoms with Crippen molar-refractivity contribution in [1.29, 1.82) is 0 Å². The van der Waals surface area contributed by atoms with Gasteiger partial charge >= 0.3 is 0 Å². The van der Waals surface area contributed by atoms with Gasteiger partial charge < -0.3 is 20.4 Å². The molecule has 0 rings (SSSR count). The van der Waals surface area contributed by atoms with Crippen molar-refractivity contribution in [2.45, 2.75) is 44.7 Å². The molecule has 68 valence electrons. The van der Waals surface area contributed by atoms with Crippen LogP contribution >= 0.6 is 0 Å². The Bertz CT molecular complexity index is 95.1. The molecule has 0 heterocycles. The summed E-state index contributed by atoms with van der Waals surface area (Å²) in [6.45, 7) is 1.67. The van der Waals surface area contributed by atoms with E-state index in [4.69, 9.17) is 20.4 Å². The van der Waals surface area contributed by atoms with E-state index in [0.717, 1.165) is 0 Å². The molecule has 0 aromatic rings. The summed E-state index contributed by atoms with van der Waals surface area (Å²) < 4.78 is 0. The molecule has 0 bridgehead atoms. The SMILES string of the molecule is CC(O)CCCCC(O)(O)O. The third-order valence-corrected chi connectivity index (χ3v) is 1.38. The maximum absolute atomic E-state index is 8.79. The third-order valence-electron chi connectivity index (χ3n) is 1.38. The van der Waals surface area contributed by atoms with E-state index in [1.54, 1.807) is 6.92 Å². The molecule has 0 saturated heterocycles. The molecular weight excluding hydrogens is 148 g/mol. The summed E-state index contributed by atoms with van der Waals surface area (Å²) >= 11 is 0. The number of hydrogen-bond donors (Lipinski definition) is 4. The molecule has 0 amide bonds. The molecule has 4 nitrogen and oxygen atoms in total. The average molecular weight is 164 g/mol. The molecule has 0 radical (unpaired) electrons. The predicted octanol–water partition coefficient (Wildman–Crippen LogP) is -0.442. The van der Waals surface area contributed by atoms with E-state index in [1.807, 2.05) is 0 Å². The van der Waals surface area contributed by atoms with Gasteiger partial charge in [-0.15, -0.1) is 0 Å². The summed E-state index contributed by atoms with van der Waals surface area (Å²) in [6, 6.07) is 0. The van der Waals surface area contributed by atoms with E-state index >= 15 is 0 Å². The van der Waals surface area contributed by atoms with Crippen molar-refractivity contribution >= 4 is 0 Å². The molecule has 11 heavy (non-hydrogen) atoms. The Morgan fingerprint density at radius 1 is 1.18 bits per heavy atom. The van der Waals surface area contributed by atoms with E-state index in [9.17, 15) is 0 Å². The Labute approximate surface area is 66.1 Å². The molecule has 0 aromatic heterocycles.